The van der Waals surface area contributed by atoms with E-state index in [0.717, 1.165) is 11.4 Å². The Bertz CT molecular complexity index is 361. The van der Waals surface area contributed by atoms with Crippen LogP contribution in [0.3, 0.4) is 0 Å². The van der Waals surface area contributed by atoms with Crippen LogP contribution in [0.2, 0.25) is 0 Å². The first-order chi connectivity index (χ1) is 6.88. The molecule has 0 saturated heterocycles. The van der Waals surface area contributed by atoms with E-state index in [1.165, 1.54) is 0 Å². The molecule has 2 aromatic carbocycles. The Morgan fingerprint density at radius 2 is 0.600 bits per heavy atom. The molecule has 0 unspecified atom stereocenters. The third-order valence-corrected chi connectivity index (χ3v) is 2.07. The van der Waals surface area contributed by atoms with Gasteiger partial charge in [0.2, 0.25) is 0 Å². The van der Waals surface area contributed by atoms with Gasteiger partial charge in [-0.25, -0.2) is 5.84 Å². The van der Waals surface area contributed by atoms with E-state index in [4.69, 9.17) is 5.84 Å². The molecule has 2 aromatic rings. The fraction of sp³-hybridized carbons (Fsp3) is 0. The average Bonchev–Trinajstić information content (AvgIpc) is 2.30. The van der Waals surface area contributed by atoms with Gasteiger partial charge in [0.05, 0.1) is 11.4 Å². The first kappa shape index (κ1) is 66.2. The van der Waals surface area contributed by atoms with Crippen LogP contribution in [0.15, 0.2) is 60.7 Å². The number of hydrogen-bond donors (Lipinski definition) is 12. The summed E-state index contributed by atoms with van der Waals surface area (Å²) in [5, 5.41) is 1.67. The average molecular weight is 372 g/mol. The molecule has 13 heteroatoms. The van der Waals surface area contributed by atoms with Gasteiger partial charge in [0.25, 0.3) is 0 Å². The van der Waals surface area contributed by atoms with Gasteiger partial charge in [-0.3, -0.25) is 5.01 Å². The van der Waals surface area contributed by atoms with Gasteiger partial charge >= 0.3 is 0 Å². The molecule has 0 aliphatic rings. The van der Waals surface area contributed by atoms with Crippen LogP contribution >= 0.6 is 0 Å². The highest BCUT2D eigenvalue weighted by atomic mass is 15.4. The number of nitrogens with two attached hydrogens (primary N) is 1. The highest BCUT2D eigenvalue weighted by Gasteiger charge is 2.01. The van der Waals surface area contributed by atoms with E-state index in [1.807, 2.05) is 60.7 Å². The van der Waals surface area contributed by atoms with Crippen molar-refractivity contribution < 1.29 is 0 Å². The molecular formula is C12H45N13. The maximum Gasteiger partial charge on any atom is 0.0575 e. The van der Waals surface area contributed by atoms with Gasteiger partial charge in [0, 0.05) is 0 Å². The van der Waals surface area contributed by atoms with Crippen LogP contribution in [-0.4, -0.2) is 0 Å². The molecule has 0 saturated carbocycles. The number of nitrogens with zero attached hydrogens (tertiary/aromatic N) is 1. The zero-order chi connectivity index (χ0) is 9.80. The Morgan fingerprint density at radius 3 is 0.800 bits per heavy atom. The SMILES string of the molecule is N.N.N.N.N.N.N.N.N.N.N.NN(c1ccccc1)c1ccccc1. The molecule has 0 amide bonds. The van der Waals surface area contributed by atoms with Crippen molar-refractivity contribution >= 4 is 11.4 Å². The maximum atomic E-state index is 5.95. The number of anilines is 2. The second-order valence-corrected chi connectivity index (χ2v) is 3.04. The zero-order valence-corrected chi connectivity index (χ0v) is 15.6. The molecule has 0 bridgehead atoms. The molecule has 0 fully saturated rings. The highest BCUT2D eigenvalue weighted by Crippen LogP contribution is 2.20. The number of benzene rings is 2. The van der Waals surface area contributed by atoms with Crippen LogP contribution in [0.4, 0.5) is 11.4 Å². The Kier molecular flexibility index (Phi) is 88.4. The molecular weight excluding hydrogens is 326 g/mol. The van der Waals surface area contributed by atoms with Crippen LogP contribution in [-0.2, 0) is 0 Å². The summed E-state index contributed by atoms with van der Waals surface area (Å²) in [6.45, 7) is 0. The lowest BCUT2D eigenvalue weighted by atomic mass is 10.2. The minimum atomic E-state index is 0. The summed E-state index contributed by atoms with van der Waals surface area (Å²) >= 11 is 0. The van der Waals surface area contributed by atoms with Crippen LogP contribution in [0.25, 0.3) is 0 Å². The van der Waals surface area contributed by atoms with Crippen molar-refractivity contribution in [2.75, 3.05) is 5.01 Å². The van der Waals surface area contributed by atoms with Crippen molar-refractivity contribution in [3.63, 3.8) is 0 Å². The lowest BCUT2D eigenvalue weighted by molar-refractivity contribution is 1.09. The van der Waals surface area contributed by atoms with Gasteiger partial charge in [-0.05, 0) is 24.3 Å². The van der Waals surface area contributed by atoms with Crippen molar-refractivity contribution in [3.05, 3.63) is 60.7 Å². The lowest BCUT2D eigenvalue weighted by Gasteiger charge is -2.18. The van der Waals surface area contributed by atoms with Gasteiger partial charge in [0.1, 0.15) is 0 Å². The van der Waals surface area contributed by atoms with Crippen LogP contribution < -0.4 is 78.5 Å². The summed E-state index contributed by atoms with van der Waals surface area (Å²) in [4.78, 5) is 0. The fourth-order valence-corrected chi connectivity index (χ4v) is 1.33. The topological polar surface area (TPSA) is 414 Å². The van der Waals surface area contributed by atoms with Gasteiger partial charge in [0.15, 0.2) is 0 Å². The summed E-state index contributed by atoms with van der Waals surface area (Å²) in [5.74, 6) is 5.95. The number of hydrogen-bond acceptors (Lipinski definition) is 13. The van der Waals surface area contributed by atoms with Gasteiger partial charge in [-0.2, -0.15) is 0 Å². The van der Waals surface area contributed by atoms with Crippen molar-refractivity contribution in [2.45, 2.75) is 0 Å². The highest BCUT2D eigenvalue weighted by molar-refractivity contribution is 5.60. The molecule has 0 atom stereocenters. The fourth-order valence-electron chi connectivity index (χ4n) is 1.33. The maximum absolute atomic E-state index is 5.95. The molecule has 35 N–H and O–H groups in total. The Labute approximate surface area is 151 Å². The van der Waals surface area contributed by atoms with Crippen LogP contribution in [0.1, 0.15) is 0 Å². The van der Waals surface area contributed by atoms with Gasteiger partial charge in [-0.1, -0.05) is 36.4 Å². The molecule has 0 heterocycles. The second-order valence-electron chi connectivity index (χ2n) is 3.04. The minimum absolute atomic E-state index is 0. The molecule has 0 aliphatic heterocycles. The molecule has 0 spiro atoms. The lowest BCUT2D eigenvalue weighted by Crippen LogP contribution is -2.24. The van der Waals surface area contributed by atoms with E-state index < -0.39 is 0 Å². The third kappa shape index (κ3) is 17.9. The monoisotopic (exact) mass is 371 g/mol. The molecule has 0 aliphatic carbocycles. The van der Waals surface area contributed by atoms with Crippen LogP contribution in [0, 0.1) is 0 Å². The first-order valence-electron chi connectivity index (χ1n) is 4.53. The minimum Gasteiger partial charge on any atom is -0.344 e. The number of hydrazine groups is 1. The van der Waals surface area contributed by atoms with Gasteiger partial charge < -0.3 is 67.7 Å². The van der Waals surface area contributed by atoms with E-state index in [0.29, 0.717) is 0 Å². The first-order valence-corrected chi connectivity index (χ1v) is 4.53. The number of para-hydroxylation sites is 2. The van der Waals surface area contributed by atoms with E-state index in [-0.39, 0.29) is 67.7 Å². The summed E-state index contributed by atoms with van der Waals surface area (Å²) in [5.41, 5.74) is 1.97. The predicted octanol–water partition coefficient (Wildman–Crippen LogP) is 4.48. The molecule has 0 aromatic heterocycles. The normalized spacial score (nSPS) is 5.48. The Balaban J connectivity index is -0.0000000256. The summed E-state index contributed by atoms with van der Waals surface area (Å²) in [7, 11) is 0. The van der Waals surface area contributed by atoms with E-state index in [9.17, 15) is 0 Å². The van der Waals surface area contributed by atoms with Crippen molar-refractivity contribution in [1.82, 2.24) is 67.7 Å². The number of rotatable bonds is 2. The van der Waals surface area contributed by atoms with Crippen molar-refractivity contribution in [3.8, 4) is 0 Å². The Hall–Kier alpha value is -2.24. The quantitative estimate of drug-likeness (QED) is 0.255. The van der Waals surface area contributed by atoms with E-state index in [1.54, 1.807) is 5.01 Å². The molecule has 25 heavy (non-hydrogen) atoms. The van der Waals surface area contributed by atoms with Crippen molar-refractivity contribution in [1.29, 1.82) is 0 Å². The van der Waals surface area contributed by atoms with Gasteiger partial charge in [-0.15, -0.1) is 0 Å². The summed E-state index contributed by atoms with van der Waals surface area (Å²) in [6, 6.07) is 19.7. The molecule has 0 radical (unpaired) electrons. The third-order valence-electron chi connectivity index (χ3n) is 2.07. The second kappa shape index (κ2) is 33.4. The zero-order valence-electron chi connectivity index (χ0n) is 15.6. The molecule has 2 rings (SSSR count). The molecule has 13 nitrogen and oxygen atoms in total. The smallest absolute Gasteiger partial charge is 0.0575 e. The van der Waals surface area contributed by atoms with Crippen LogP contribution in [0.5, 0.6) is 0 Å². The predicted molar refractivity (Wildman–Crippen MR) is 114 cm³/mol. The summed E-state index contributed by atoms with van der Waals surface area (Å²) < 4.78 is 0. The molecule has 158 valence electrons. The summed E-state index contributed by atoms with van der Waals surface area (Å²) in [6.07, 6.45) is 0. The standard InChI is InChI=1S/C12H12N2.11H3N/c13-14(11-7-3-1-4-8-11)12-9-5-2-6-10-12;;;;;;;;;;;/h1-10H,13H2;11*1H3. The van der Waals surface area contributed by atoms with E-state index in [2.05, 4.69) is 0 Å². The van der Waals surface area contributed by atoms with Crippen molar-refractivity contribution in [2.24, 2.45) is 5.84 Å². The largest absolute Gasteiger partial charge is 0.344 e. The van der Waals surface area contributed by atoms with E-state index >= 15 is 0 Å². The Morgan fingerprint density at radius 1 is 0.400 bits per heavy atom.